The Labute approximate surface area is 355 Å². The SMILES string of the molecule is COCCOCOCC1NC2[C@H](C)CC(C)(C)[C@H](OC3OC(C)CC(N(C)C)C3O)[C@@H](C)[C@H](OC3CC(C)(OC)C(C)C(C)O3)[C@@H](C)C(=O)O[C@H](C)[C@@](C)(O)[C@H](O1)[C@H]2C. The van der Waals surface area contributed by atoms with Crippen LogP contribution in [-0.4, -0.2) is 161 Å². The van der Waals surface area contributed by atoms with Crippen LogP contribution in [0.25, 0.3) is 0 Å². The highest BCUT2D eigenvalue weighted by Crippen LogP contribution is 2.45. The summed E-state index contributed by atoms with van der Waals surface area (Å²) in [6.45, 7) is 25.0. The summed E-state index contributed by atoms with van der Waals surface area (Å²) < 4.78 is 62.3. The van der Waals surface area contributed by atoms with Crippen LogP contribution in [-0.2, 0) is 52.2 Å². The molecule has 0 aromatic rings. The molecule has 0 aliphatic carbocycles. The maximum absolute atomic E-state index is 14.5. The van der Waals surface area contributed by atoms with Gasteiger partial charge >= 0.3 is 5.97 Å². The van der Waals surface area contributed by atoms with Crippen molar-refractivity contribution in [1.82, 2.24) is 10.2 Å². The molecule has 0 saturated carbocycles. The lowest BCUT2D eigenvalue weighted by molar-refractivity contribution is -0.308. The van der Waals surface area contributed by atoms with Crippen LogP contribution < -0.4 is 5.32 Å². The van der Waals surface area contributed by atoms with Crippen LogP contribution in [0.5, 0.6) is 0 Å². The van der Waals surface area contributed by atoms with E-state index in [-0.39, 0.29) is 55.4 Å². The van der Waals surface area contributed by atoms with Gasteiger partial charge in [0.15, 0.2) is 12.6 Å². The molecule has 4 rings (SSSR count). The van der Waals surface area contributed by atoms with Crippen LogP contribution in [0.2, 0.25) is 0 Å². The molecule has 15 nitrogen and oxygen atoms in total. The number of nitrogens with one attached hydrogen (secondary N) is 1. The van der Waals surface area contributed by atoms with E-state index in [0.717, 1.165) is 0 Å². The molecule has 346 valence electrons. The number of methoxy groups -OCH3 is 2. The Morgan fingerprint density at radius 1 is 0.881 bits per heavy atom. The number of carbonyl (C=O) groups excluding carboxylic acids is 1. The number of aliphatic hydroxyl groups is 2. The molecule has 4 aliphatic heterocycles. The number of cyclic esters (lactones) is 1. The van der Waals surface area contributed by atoms with Gasteiger partial charge in [0.1, 0.15) is 30.8 Å². The molecule has 59 heavy (non-hydrogen) atoms. The lowest BCUT2D eigenvalue weighted by Gasteiger charge is -2.52. The zero-order valence-corrected chi connectivity index (χ0v) is 39.1. The van der Waals surface area contributed by atoms with Gasteiger partial charge in [0.2, 0.25) is 0 Å². The lowest BCUT2D eigenvalue weighted by Crippen LogP contribution is -2.66. The summed E-state index contributed by atoms with van der Waals surface area (Å²) in [4.78, 5) is 16.5. The fourth-order valence-corrected chi connectivity index (χ4v) is 10.2. The van der Waals surface area contributed by atoms with Crippen molar-refractivity contribution in [3.8, 4) is 0 Å². The van der Waals surface area contributed by atoms with E-state index in [0.29, 0.717) is 32.5 Å². The van der Waals surface area contributed by atoms with E-state index in [1.807, 2.05) is 39.8 Å². The molecular weight excluding hydrogens is 764 g/mol. The highest BCUT2D eigenvalue weighted by atomic mass is 16.7. The molecule has 4 fully saturated rings. The van der Waals surface area contributed by atoms with Gasteiger partial charge in [-0.25, -0.2) is 0 Å². The number of likely N-dealkylation sites (N-methyl/N-ethyl adjacent to an activating group) is 1. The molecule has 0 aromatic carbocycles. The van der Waals surface area contributed by atoms with E-state index >= 15 is 0 Å². The number of carbonyl (C=O) groups is 1. The Morgan fingerprint density at radius 3 is 2.19 bits per heavy atom. The van der Waals surface area contributed by atoms with Crippen LogP contribution in [0, 0.1) is 35.0 Å². The maximum atomic E-state index is 14.5. The molecule has 0 amide bonds. The summed E-state index contributed by atoms with van der Waals surface area (Å²) in [5, 5.41) is 27.8. The monoisotopic (exact) mass is 847 g/mol. The minimum absolute atomic E-state index is 0.00983. The van der Waals surface area contributed by atoms with Gasteiger partial charge in [-0.05, 0) is 79.8 Å². The Bertz CT molecular complexity index is 1310. The highest BCUT2D eigenvalue weighted by Gasteiger charge is 2.54. The summed E-state index contributed by atoms with van der Waals surface area (Å²) in [5.41, 5.74) is -2.71. The number of rotatable bonds is 13. The summed E-state index contributed by atoms with van der Waals surface area (Å²) in [6.07, 6.45) is -4.83. The Morgan fingerprint density at radius 2 is 1.56 bits per heavy atom. The standard InChI is InChI=1S/C44H82N2O13/c1-24-20-42(9,10)38(59-41-36(47)32(46(13)14)19-25(2)54-41)27(4)37(58-34-21-43(11,51-16)29(6)30(7)55-34)28(5)40(48)56-31(8)44(12,49)39-26(3)35(24)45-33(57-39)22-53-23-52-18-17-50-15/h24-39,41,45,47,49H,17-23H2,1-16H3/t24-,25?,26+,27+,28-,29?,30?,31-,32?,33?,34?,35?,36?,37+,38-,39-,41?,43?,44-/m1/s1. The van der Waals surface area contributed by atoms with E-state index in [2.05, 4.69) is 46.9 Å². The average Bonchev–Trinajstić information content (AvgIpc) is 3.16. The van der Waals surface area contributed by atoms with Crippen molar-refractivity contribution in [2.24, 2.45) is 35.0 Å². The largest absolute Gasteiger partial charge is 0.459 e. The molecule has 4 aliphatic rings. The molecule has 0 aromatic heterocycles. The number of fused-ring (bicyclic) bond motifs is 2. The van der Waals surface area contributed by atoms with Crippen molar-refractivity contribution in [3.05, 3.63) is 0 Å². The quantitative estimate of drug-likeness (QED) is 0.136. The van der Waals surface area contributed by atoms with Crippen molar-refractivity contribution in [2.75, 3.05) is 54.9 Å². The summed E-state index contributed by atoms with van der Waals surface area (Å²) in [5.74, 6) is -1.94. The topological polar surface area (TPSA) is 165 Å². The number of hydrogen-bond donors (Lipinski definition) is 3. The van der Waals surface area contributed by atoms with Crippen molar-refractivity contribution in [3.63, 3.8) is 0 Å². The van der Waals surface area contributed by atoms with Crippen molar-refractivity contribution < 1.29 is 62.4 Å². The third-order valence-electron chi connectivity index (χ3n) is 14.3. The highest BCUT2D eigenvalue weighted by molar-refractivity contribution is 5.73. The molecule has 4 heterocycles. The van der Waals surface area contributed by atoms with Crippen LogP contribution >= 0.6 is 0 Å². The van der Waals surface area contributed by atoms with E-state index in [9.17, 15) is 15.0 Å². The zero-order valence-electron chi connectivity index (χ0n) is 39.1. The van der Waals surface area contributed by atoms with Gasteiger partial charge in [-0.2, -0.15) is 0 Å². The maximum Gasteiger partial charge on any atom is 0.311 e. The second kappa shape index (κ2) is 21.1. The van der Waals surface area contributed by atoms with Gasteiger partial charge in [-0.3, -0.25) is 10.1 Å². The average molecular weight is 847 g/mol. The van der Waals surface area contributed by atoms with Gasteiger partial charge in [-0.15, -0.1) is 0 Å². The van der Waals surface area contributed by atoms with Crippen molar-refractivity contribution in [1.29, 1.82) is 0 Å². The van der Waals surface area contributed by atoms with Crippen molar-refractivity contribution in [2.45, 2.75) is 187 Å². The second-order valence-electron chi connectivity index (χ2n) is 19.6. The van der Waals surface area contributed by atoms with Gasteiger partial charge in [0.05, 0.1) is 61.9 Å². The van der Waals surface area contributed by atoms with E-state index < -0.39 is 83.7 Å². The molecular formula is C44H82N2O13. The van der Waals surface area contributed by atoms with Gasteiger partial charge in [-0.1, -0.05) is 41.5 Å². The van der Waals surface area contributed by atoms with Crippen LogP contribution in [0.15, 0.2) is 0 Å². The van der Waals surface area contributed by atoms with E-state index in [1.54, 1.807) is 35.0 Å². The molecule has 0 radical (unpaired) electrons. The predicted octanol–water partition coefficient (Wildman–Crippen LogP) is 4.34. The van der Waals surface area contributed by atoms with Crippen LogP contribution in [0.3, 0.4) is 0 Å². The third kappa shape index (κ3) is 12.0. The molecule has 19 atom stereocenters. The smallest absolute Gasteiger partial charge is 0.311 e. The minimum atomic E-state index is -1.58. The molecule has 0 spiro atoms. The fraction of sp³-hybridized carbons (Fsp3) is 0.977. The van der Waals surface area contributed by atoms with Gasteiger partial charge in [0.25, 0.3) is 0 Å². The molecule has 10 unspecified atom stereocenters. The van der Waals surface area contributed by atoms with Gasteiger partial charge < -0.3 is 62.5 Å². The molecule has 4 saturated heterocycles. The van der Waals surface area contributed by atoms with E-state index in [1.165, 1.54) is 0 Å². The first-order valence-electron chi connectivity index (χ1n) is 22.0. The minimum Gasteiger partial charge on any atom is -0.459 e. The summed E-state index contributed by atoms with van der Waals surface area (Å²) in [6, 6.07) is -0.342. The number of ether oxygens (including phenoxy) is 10. The first-order valence-corrected chi connectivity index (χ1v) is 22.0. The second-order valence-corrected chi connectivity index (χ2v) is 19.6. The zero-order chi connectivity index (χ0) is 44.2. The molecule has 2 bridgehead atoms. The Kier molecular flexibility index (Phi) is 18.1. The Hall–Kier alpha value is -1.05. The van der Waals surface area contributed by atoms with Crippen molar-refractivity contribution >= 4 is 5.97 Å². The first-order chi connectivity index (χ1) is 27.5. The molecule has 15 heteroatoms. The fourth-order valence-electron chi connectivity index (χ4n) is 10.2. The van der Waals surface area contributed by atoms with Crippen LogP contribution in [0.4, 0.5) is 0 Å². The number of esters is 1. The number of hydrogen-bond acceptors (Lipinski definition) is 15. The summed E-state index contributed by atoms with van der Waals surface area (Å²) in [7, 11) is 7.23. The third-order valence-corrected chi connectivity index (χ3v) is 14.3. The van der Waals surface area contributed by atoms with Crippen LogP contribution in [0.1, 0.15) is 102 Å². The normalized spacial score (nSPS) is 46.4. The summed E-state index contributed by atoms with van der Waals surface area (Å²) >= 11 is 0. The Balaban J connectivity index is 1.78. The van der Waals surface area contributed by atoms with Gasteiger partial charge in [0, 0.05) is 50.5 Å². The first kappa shape index (κ1) is 50.6. The van der Waals surface area contributed by atoms with E-state index in [4.69, 9.17) is 47.4 Å². The molecule has 3 N–H and O–H groups in total. The predicted molar refractivity (Wildman–Crippen MR) is 221 cm³/mol. The lowest BCUT2D eigenvalue weighted by atomic mass is 9.68. The number of aliphatic hydroxyl groups excluding tert-OH is 1. The number of nitrogens with zero attached hydrogens (tertiary/aromatic N) is 1.